The Labute approximate surface area is 292 Å². The van der Waals surface area contributed by atoms with Gasteiger partial charge in [0.05, 0.1) is 0 Å². The van der Waals surface area contributed by atoms with Crippen LogP contribution < -0.4 is 29.7 Å². The number of halogens is 2. The standard InChI is InChI=1S/C22H28N.C13H10.C5H5.2ClH.Zr/c1-14(2)17-7-9-21-18(11-17)12-19-13-20(8-10-22(19)21)23(15(3)4)16(5)6;1-3-7-12(8-4-1)11-13-9-5-2-6-10-13;1-2-4-5-3-1;;;/h7-16H,1-6H3;1-10H;1-5H;2*1H;/q-1;;-1;;;+2/p-2. The average Bonchev–Trinajstić information content (AvgIpc) is 3.69. The molecule has 0 spiro atoms. The summed E-state index contributed by atoms with van der Waals surface area (Å²) < 4.78 is 1.42. The number of anilines is 1. The van der Waals surface area contributed by atoms with Gasteiger partial charge >= 0.3 is 99.2 Å². The first-order valence-corrected chi connectivity index (χ1v) is 16.3. The molecule has 0 radical (unpaired) electrons. The fraction of sp³-hybridized carbons (Fsp3) is 0.225. The van der Waals surface area contributed by atoms with Gasteiger partial charge in [-0.1, -0.05) is 49.7 Å². The molecule has 6 aromatic carbocycles. The second kappa shape index (κ2) is 18.3. The maximum atomic E-state index is 2.48. The average molecular weight is 700 g/mol. The minimum atomic E-state index is 0. The minimum Gasteiger partial charge on any atom is -0.214 e. The number of nitrogens with zero attached hydrogens (tertiary/aromatic N) is 1. The van der Waals surface area contributed by atoms with Crippen LogP contribution >= 0.6 is 0 Å². The predicted molar refractivity (Wildman–Crippen MR) is 182 cm³/mol. The molecular weight excluding hydrogens is 657 g/mol. The van der Waals surface area contributed by atoms with E-state index >= 15 is 0 Å². The first-order chi connectivity index (χ1) is 20.3. The van der Waals surface area contributed by atoms with E-state index < -0.39 is 0 Å². The topological polar surface area (TPSA) is 3.24 Å². The van der Waals surface area contributed by atoms with Gasteiger partial charge in [-0.05, 0) is 33.6 Å². The molecule has 0 heterocycles. The molecule has 0 fully saturated rings. The molecule has 0 aliphatic heterocycles. The molecule has 0 aliphatic rings. The third-order valence-electron chi connectivity index (χ3n) is 7.47. The summed E-state index contributed by atoms with van der Waals surface area (Å²) in [5.41, 5.74) is 5.40. The van der Waals surface area contributed by atoms with Crippen LogP contribution in [0.5, 0.6) is 0 Å². The largest absolute Gasteiger partial charge is 0.214 e. The van der Waals surface area contributed by atoms with Gasteiger partial charge in [0.2, 0.25) is 0 Å². The number of hydrogen-bond acceptors (Lipinski definition) is 1. The van der Waals surface area contributed by atoms with Crippen LogP contribution in [0.1, 0.15) is 64.2 Å². The first-order valence-electron chi connectivity index (χ1n) is 15.0. The van der Waals surface area contributed by atoms with Crippen molar-refractivity contribution in [3.8, 4) is 0 Å². The van der Waals surface area contributed by atoms with Crippen molar-refractivity contribution in [1.82, 2.24) is 0 Å². The number of benzene rings is 4. The Morgan fingerprint density at radius 3 is 1.50 bits per heavy atom. The van der Waals surface area contributed by atoms with Crippen molar-refractivity contribution in [3.05, 3.63) is 150 Å². The Kier molecular flexibility index (Phi) is 15.5. The van der Waals surface area contributed by atoms with Gasteiger partial charge in [0.1, 0.15) is 0 Å². The summed E-state index contributed by atoms with van der Waals surface area (Å²) in [7, 11) is 0. The number of hydrogen-bond donors (Lipinski definition) is 0. The van der Waals surface area contributed by atoms with Crippen LogP contribution in [0.2, 0.25) is 0 Å². The maximum Gasteiger partial charge on any atom is -0.172 e. The quantitative estimate of drug-likeness (QED) is 0.229. The molecule has 4 heteroatoms. The number of rotatable bonds is 6. The van der Waals surface area contributed by atoms with Crippen LogP contribution in [0.15, 0.2) is 133 Å². The summed E-state index contributed by atoms with van der Waals surface area (Å²) >= 11 is 1.46. The van der Waals surface area contributed by atoms with E-state index in [0.29, 0.717) is 18.0 Å². The molecule has 0 N–H and O–H groups in total. The molecule has 44 heavy (non-hydrogen) atoms. The zero-order chi connectivity index (χ0) is 30.1. The van der Waals surface area contributed by atoms with Crippen molar-refractivity contribution < 1.29 is 49.0 Å². The second-order valence-corrected chi connectivity index (χ2v) is 12.8. The molecule has 228 valence electrons. The molecule has 0 saturated carbocycles. The molecule has 0 amide bonds. The fourth-order valence-electron chi connectivity index (χ4n) is 5.44. The van der Waals surface area contributed by atoms with Gasteiger partial charge in [0.25, 0.3) is 0 Å². The molecule has 0 unspecified atom stereocenters. The SMILES string of the molecule is CC(C)c1ccc2c(c1)[cH-]c1cc(N(C(C)C)C(C)C)ccc12.[Cl-].[Cl-].[Zr+2]=[C](c1ccccc1)c1ccccc1.c1cc[cH-]c1. The van der Waals surface area contributed by atoms with Crippen molar-refractivity contribution in [2.24, 2.45) is 0 Å². The third kappa shape index (κ3) is 9.87. The summed E-state index contributed by atoms with van der Waals surface area (Å²) in [4.78, 5) is 2.48. The summed E-state index contributed by atoms with van der Waals surface area (Å²) in [6.45, 7) is 13.6. The Bertz CT molecular complexity index is 1600. The van der Waals surface area contributed by atoms with E-state index in [0.717, 1.165) is 0 Å². The van der Waals surface area contributed by atoms with Crippen LogP contribution in [-0.2, 0) is 24.2 Å². The van der Waals surface area contributed by atoms with Gasteiger partial charge in [-0.3, -0.25) is 0 Å². The van der Waals surface area contributed by atoms with Crippen molar-refractivity contribution in [3.63, 3.8) is 0 Å². The zero-order valence-corrected chi connectivity index (χ0v) is 30.6. The van der Waals surface area contributed by atoms with Crippen LogP contribution in [0.4, 0.5) is 5.69 Å². The predicted octanol–water partition coefficient (Wildman–Crippen LogP) is 4.67. The van der Waals surface area contributed by atoms with E-state index in [-0.39, 0.29) is 24.8 Å². The smallest absolute Gasteiger partial charge is 0.172 e. The number of fused-ring (bicyclic) bond motifs is 3. The molecule has 0 aromatic heterocycles. The van der Waals surface area contributed by atoms with E-state index in [9.17, 15) is 0 Å². The van der Waals surface area contributed by atoms with E-state index in [4.69, 9.17) is 0 Å². The molecule has 0 bridgehead atoms. The van der Waals surface area contributed by atoms with Crippen LogP contribution in [0, 0.1) is 0 Å². The van der Waals surface area contributed by atoms with Crippen molar-refractivity contribution in [2.45, 2.75) is 59.5 Å². The van der Waals surface area contributed by atoms with Gasteiger partial charge in [-0.2, -0.15) is 18.2 Å². The summed E-state index contributed by atoms with van der Waals surface area (Å²) in [5, 5.41) is 5.46. The van der Waals surface area contributed by atoms with E-state index in [1.807, 2.05) is 30.3 Å². The Morgan fingerprint density at radius 2 is 1.07 bits per heavy atom. The van der Waals surface area contributed by atoms with Crippen LogP contribution in [0.3, 0.4) is 0 Å². The van der Waals surface area contributed by atoms with E-state index in [1.54, 1.807) is 0 Å². The summed E-state index contributed by atoms with van der Waals surface area (Å²) in [5.74, 6) is 0.574. The monoisotopic (exact) mass is 697 g/mol. The van der Waals surface area contributed by atoms with Crippen molar-refractivity contribution >= 4 is 30.4 Å². The van der Waals surface area contributed by atoms with Gasteiger partial charge < -0.3 is 29.7 Å². The van der Waals surface area contributed by atoms with Gasteiger partial charge in [0.15, 0.2) is 0 Å². The van der Waals surface area contributed by atoms with E-state index in [2.05, 4.69) is 150 Å². The van der Waals surface area contributed by atoms with Gasteiger partial charge in [0, 0.05) is 17.8 Å². The molecule has 0 atom stereocenters. The maximum absolute atomic E-state index is 2.48. The Morgan fingerprint density at radius 1 is 0.591 bits per heavy atom. The molecular formula is C40H43Cl2NZr-2. The molecule has 6 aromatic rings. The van der Waals surface area contributed by atoms with Crippen LogP contribution in [0.25, 0.3) is 21.5 Å². The summed E-state index contributed by atoms with van der Waals surface area (Å²) in [6, 6.07) is 48.3. The minimum absolute atomic E-state index is 0. The van der Waals surface area contributed by atoms with Crippen molar-refractivity contribution in [2.75, 3.05) is 4.90 Å². The van der Waals surface area contributed by atoms with Crippen molar-refractivity contribution in [1.29, 1.82) is 0 Å². The van der Waals surface area contributed by atoms with Gasteiger partial charge in [-0.25, -0.2) is 12.1 Å². The summed E-state index contributed by atoms with van der Waals surface area (Å²) in [6.07, 6.45) is 0. The first kappa shape index (κ1) is 37.4. The van der Waals surface area contributed by atoms with Crippen LogP contribution in [-0.4, -0.2) is 15.3 Å². The normalized spacial score (nSPS) is 10.4. The second-order valence-electron chi connectivity index (χ2n) is 11.6. The Hall–Kier alpha value is -2.77. The zero-order valence-electron chi connectivity index (χ0n) is 26.6. The molecule has 0 aliphatic carbocycles. The third-order valence-corrected chi connectivity index (χ3v) is 8.89. The van der Waals surface area contributed by atoms with E-state index in [1.165, 1.54) is 71.4 Å². The molecule has 0 saturated heterocycles. The molecule has 1 nitrogen and oxygen atoms in total. The molecule has 6 rings (SSSR count). The Balaban J connectivity index is 0.000000273. The van der Waals surface area contributed by atoms with Gasteiger partial charge in [-0.15, -0.1) is 33.7 Å². The fourth-order valence-corrected chi connectivity index (χ4v) is 6.26.